The Morgan fingerprint density at radius 2 is 2.16 bits per heavy atom. The van der Waals surface area contributed by atoms with Crippen LogP contribution in [0.25, 0.3) is 0 Å². The largest absolute Gasteiger partial charge is 0.481 e. The Hall–Kier alpha value is -1.91. The molecule has 1 aromatic heterocycles. The number of hydrogen-bond donors (Lipinski definition) is 2. The number of amides is 1. The van der Waals surface area contributed by atoms with Crippen molar-refractivity contribution in [3.63, 3.8) is 0 Å². The van der Waals surface area contributed by atoms with E-state index in [0.717, 1.165) is 18.5 Å². The predicted octanol–water partition coefficient (Wildman–Crippen LogP) is 1.76. The van der Waals surface area contributed by atoms with E-state index in [1.54, 1.807) is 18.3 Å². The zero-order valence-electron chi connectivity index (χ0n) is 10.9. The van der Waals surface area contributed by atoms with Gasteiger partial charge in [-0.2, -0.15) is 0 Å². The second kappa shape index (κ2) is 5.82. The number of nitrogens with zero attached hydrogens (tertiary/aromatic N) is 1. The first-order valence-electron chi connectivity index (χ1n) is 6.52. The van der Waals surface area contributed by atoms with E-state index < -0.39 is 5.97 Å². The minimum Gasteiger partial charge on any atom is -0.481 e. The molecule has 2 atom stereocenters. The molecule has 1 aromatic rings. The van der Waals surface area contributed by atoms with Gasteiger partial charge < -0.3 is 10.4 Å². The van der Waals surface area contributed by atoms with Crippen molar-refractivity contribution < 1.29 is 14.7 Å². The highest BCUT2D eigenvalue weighted by molar-refractivity contribution is 5.94. The lowest BCUT2D eigenvalue weighted by Gasteiger charge is -2.27. The molecule has 0 bridgehead atoms. The molecule has 1 heterocycles. The Labute approximate surface area is 112 Å². The summed E-state index contributed by atoms with van der Waals surface area (Å²) in [7, 11) is 0. The Morgan fingerprint density at radius 1 is 1.37 bits per heavy atom. The fourth-order valence-corrected chi connectivity index (χ4v) is 2.42. The molecule has 5 heteroatoms. The van der Waals surface area contributed by atoms with Crippen molar-refractivity contribution in [1.82, 2.24) is 10.3 Å². The second-order valence-corrected chi connectivity index (χ2v) is 5.06. The average Bonchev–Trinajstić information content (AvgIpc) is 2.39. The summed E-state index contributed by atoms with van der Waals surface area (Å²) in [5.74, 6) is -1.28. The molecule has 1 amide bonds. The maximum Gasteiger partial charge on any atom is 0.306 e. The molecular weight excluding hydrogens is 244 g/mol. The Morgan fingerprint density at radius 3 is 2.79 bits per heavy atom. The number of carboxylic acid groups (broad SMARTS) is 1. The van der Waals surface area contributed by atoms with Crippen molar-refractivity contribution in [3.05, 3.63) is 29.6 Å². The molecule has 0 aromatic carbocycles. The van der Waals surface area contributed by atoms with Crippen LogP contribution in [0.5, 0.6) is 0 Å². The third-order valence-corrected chi connectivity index (χ3v) is 3.53. The molecule has 0 saturated heterocycles. The molecule has 5 nitrogen and oxygen atoms in total. The third kappa shape index (κ3) is 3.53. The van der Waals surface area contributed by atoms with Crippen molar-refractivity contribution in [2.75, 3.05) is 0 Å². The maximum atomic E-state index is 12.0. The first-order chi connectivity index (χ1) is 9.06. The van der Waals surface area contributed by atoms with Crippen LogP contribution in [0, 0.1) is 12.8 Å². The lowest BCUT2D eigenvalue weighted by Crippen LogP contribution is -2.39. The van der Waals surface area contributed by atoms with E-state index >= 15 is 0 Å². The number of aromatic nitrogens is 1. The van der Waals surface area contributed by atoms with Crippen molar-refractivity contribution in [1.29, 1.82) is 0 Å². The summed E-state index contributed by atoms with van der Waals surface area (Å²) >= 11 is 0. The van der Waals surface area contributed by atoms with Gasteiger partial charge in [0.1, 0.15) is 0 Å². The van der Waals surface area contributed by atoms with Gasteiger partial charge in [-0.1, -0.05) is 6.42 Å². The molecule has 19 heavy (non-hydrogen) atoms. The number of nitrogens with one attached hydrogen (secondary N) is 1. The lowest BCUT2D eigenvalue weighted by molar-refractivity contribution is -0.143. The smallest absolute Gasteiger partial charge is 0.306 e. The standard InChI is InChI=1S/C14H18N2O3/c1-9-5-6-11(8-15-9)13(17)16-12-4-2-3-10(7-12)14(18)19/h5-6,8,10,12H,2-4,7H2,1H3,(H,16,17)(H,18,19). The van der Waals surface area contributed by atoms with Crippen LogP contribution < -0.4 is 5.32 Å². The Balaban J connectivity index is 1.95. The van der Waals surface area contributed by atoms with E-state index in [-0.39, 0.29) is 17.9 Å². The van der Waals surface area contributed by atoms with Crippen molar-refractivity contribution >= 4 is 11.9 Å². The first kappa shape index (κ1) is 13.5. The normalized spacial score (nSPS) is 22.8. The van der Waals surface area contributed by atoms with Crippen LogP contribution >= 0.6 is 0 Å². The van der Waals surface area contributed by atoms with Crippen LogP contribution in [-0.4, -0.2) is 28.0 Å². The van der Waals surface area contributed by atoms with Gasteiger partial charge in [-0.3, -0.25) is 14.6 Å². The number of carbonyl (C=O) groups excluding carboxylic acids is 1. The van der Waals surface area contributed by atoms with Gasteiger partial charge in [0.2, 0.25) is 0 Å². The van der Waals surface area contributed by atoms with Crippen LogP contribution in [0.2, 0.25) is 0 Å². The van der Waals surface area contributed by atoms with E-state index in [9.17, 15) is 9.59 Å². The SMILES string of the molecule is Cc1ccc(C(=O)NC2CCCC(C(=O)O)C2)cn1. The molecule has 102 valence electrons. The molecule has 0 radical (unpaired) electrons. The van der Waals surface area contributed by atoms with Gasteiger partial charge in [-0.25, -0.2) is 0 Å². The summed E-state index contributed by atoms with van der Waals surface area (Å²) in [5, 5.41) is 11.9. The summed E-state index contributed by atoms with van der Waals surface area (Å²) in [6, 6.07) is 3.47. The minimum atomic E-state index is -0.768. The maximum absolute atomic E-state index is 12.0. The lowest BCUT2D eigenvalue weighted by atomic mass is 9.85. The molecule has 1 fully saturated rings. The highest BCUT2D eigenvalue weighted by atomic mass is 16.4. The highest BCUT2D eigenvalue weighted by Gasteiger charge is 2.27. The third-order valence-electron chi connectivity index (χ3n) is 3.53. The summed E-state index contributed by atoms with van der Waals surface area (Å²) in [6.07, 6.45) is 4.44. The van der Waals surface area contributed by atoms with Crippen molar-refractivity contribution in [3.8, 4) is 0 Å². The zero-order chi connectivity index (χ0) is 13.8. The summed E-state index contributed by atoms with van der Waals surface area (Å²) in [4.78, 5) is 27.1. The molecule has 0 aliphatic heterocycles. The number of hydrogen-bond acceptors (Lipinski definition) is 3. The quantitative estimate of drug-likeness (QED) is 0.870. The summed E-state index contributed by atoms with van der Waals surface area (Å²) < 4.78 is 0. The van der Waals surface area contributed by atoms with Crippen LogP contribution in [0.1, 0.15) is 41.7 Å². The van der Waals surface area contributed by atoms with Crippen LogP contribution in [-0.2, 0) is 4.79 Å². The second-order valence-electron chi connectivity index (χ2n) is 5.06. The van der Waals surface area contributed by atoms with Gasteiger partial charge in [0, 0.05) is 17.9 Å². The topological polar surface area (TPSA) is 79.3 Å². The molecule has 0 spiro atoms. The van der Waals surface area contributed by atoms with Crippen LogP contribution in [0.15, 0.2) is 18.3 Å². The molecular formula is C14H18N2O3. The number of aryl methyl sites for hydroxylation is 1. The van der Waals surface area contributed by atoms with Crippen molar-refractivity contribution in [2.24, 2.45) is 5.92 Å². The van der Waals surface area contributed by atoms with Gasteiger partial charge in [0.05, 0.1) is 11.5 Å². The molecule has 1 aliphatic carbocycles. The van der Waals surface area contributed by atoms with Crippen molar-refractivity contribution in [2.45, 2.75) is 38.6 Å². The first-order valence-corrected chi connectivity index (χ1v) is 6.52. The molecule has 1 saturated carbocycles. The van der Waals surface area contributed by atoms with E-state index in [1.165, 1.54) is 0 Å². The monoisotopic (exact) mass is 262 g/mol. The number of pyridine rings is 1. The Bertz CT molecular complexity index is 470. The van der Waals surface area contributed by atoms with Gasteiger partial charge in [0.25, 0.3) is 5.91 Å². The molecule has 2 rings (SSSR count). The number of carbonyl (C=O) groups is 2. The van der Waals surface area contributed by atoms with Crippen LogP contribution in [0.3, 0.4) is 0 Å². The molecule has 2 unspecified atom stereocenters. The van der Waals surface area contributed by atoms with E-state index in [0.29, 0.717) is 18.4 Å². The van der Waals surface area contributed by atoms with Gasteiger partial charge in [-0.15, -0.1) is 0 Å². The molecule has 1 aliphatic rings. The predicted molar refractivity (Wildman–Crippen MR) is 69.8 cm³/mol. The fourth-order valence-electron chi connectivity index (χ4n) is 2.42. The zero-order valence-corrected chi connectivity index (χ0v) is 10.9. The minimum absolute atomic E-state index is 0.0522. The van der Waals surface area contributed by atoms with Gasteiger partial charge in [0.15, 0.2) is 0 Å². The summed E-state index contributed by atoms with van der Waals surface area (Å²) in [6.45, 7) is 1.86. The van der Waals surface area contributed by atoms with E-state index in [1.807, 2.05) is 6.92 Å². The number of carboxylic acids is 1. The van der Waals surface area contributed by atoms with Gasteiger partial charge >= 0.3 is 5.97 Å². The molecule has 2 N–H and O–H groups in total. The van der Waals surface area contributed by atoms with Crippen LogP contribution in [0.4, 0.5) is 0 Å². The average molecular weight is 262 g/mol. The number of rotatable bonds is 3. The van der Waals surface area contributed by atoms with E-state index in [2.05, 4.69) is 10.3 Å². The van der Waals surface area contributed by atoms with E-state index in [4.69, 9.17) is 5.11 Å². The summed E-state index contributed by atoms with van der Waals surface area (Å²) in [5.41, 5.74) is 1.38. The van der Waals surface area contributed by atoms with Gasteiger partial charge in [-0.05, 0) is 38.3 Å². The fraction of sp³-hybridized carbons (Fsp3) is 0.500. The number of aliphatic carboxylic acids is 1. The Kier molecular flexibility index (Phi) is 4.14. The highest BCUT2D eigenvalue weighted by Crippen LogP contribution is 2.24.